The Morgan fingerprint density at radius 3 is 2.89 bits per heavy atom. The van der Waals surface area contributed by atoms with Crippen LogP contribution in [-0.2, 0) is 4.79 Å². The number of nitrogens with one attached hydrogen (secondary N) is 1. The Morgan fingerprint density at radius 1 is 1.32 bits per heavy atom. The summed E-state index contributed by atoms with van der Waals surface area (Å²) in [6, 6.07) is 8.64. The van der Waals surface area contributed by atoms with E-state index in [1.165, 1.54) is 11.1 Å². The maximum atomic E-state index is 12.4. The van der Waals surface area contributed by atoms with Crippen LogP contribution in [0.25, 0.3) is 0 Å². The van der Waals surface area contributed by atoms with E-state index < -0.39 is 0 Å². The minimum absolute atomic E-state index is 0.0793. The van der Waals surface area contributed by atoms with Crippen molar-refractivity contribution in [2.24, 2.45) is 0 Å². The molecule has 3 heteroatoms. The molecule has 1 aromatic carbocycles. The van der Waals surface area contributed by atoms with Crippen molar-refractivity contribution in [1.82, 2.24) is 10.2 Å². The molecule has 0 bridgehead atoms. The summed E-state index contributed by atoms with van der Waals surface area (Å²) < 4.78 is 0. The first-order valence-corrected chi connectivity index (χ1v) is 7.33. The van der Waals surface area contributed by atoms with Crippen LogP contribution in [0.2, 0.25) is 0 Å². The monoisotopic (exact) mass is 258 g/mol. The van der Waals surface area contributed by atoms with E-state index in [-0.39, 0.29) is 6.04 Å². The van der Waals surface area contributed by atoms with Gasteiger partial charge in [-0.15, -0.1) is 0 Å². The van der Waals surface area contributed by atoms with Crippen molar-refractivity contribution in [1.29, 1.82) is 0 Å². The zero-order valence-electron chi connectivity index (χ0n) is 11.6. The molecule has 0 saturated carbocycles. The number of nitrogens with zero attached hydrogens (tertiary/aromatic N) is 1. The van der Waals surface area contributed by atoms with E-state index in [4.69, 9.17) is 0 Å². The molecule has 1 aromatic rings. The van der Waals surface area contributed by atoms with Gasteiger partial charge >= 0.3 is 0 Å². The van der Waals surface area contributed by atoms with Crippen molar-refractivity contribution in [3.8, 4) is 0 Å². The number of benzene rings is 1. The summed E-state index contributed by atoms with van der Waals surface area (Å²) in [6.45, 7) is 4.96. The van der Waals surface area contributed by atoms with E-state index in [0.717, 1.165) is 38.9 Å². The molecule has 0 spiro atoms. The number of rotatable bonds is 2. The second-order valence-corrected chi connectivity index (χ2v) is 5.78. The predicted octanol–water partition coefficient (Wildman–Crippen LogP) is 2.06. The van der Waals surface area contributed by atoms with Crippen molar-refractivity contribution in [3.05, 3.63) is 35.4 Å². The van der Waals surface area contributed by atoms with Crippen molar-refractivity contribution in [2.45, 2.75) is 38.1 Å². The van der Waals surface area contributed by atoms with Gasteiger partial charge in [0.2, 0.25) is 5.91 Å². The first-order valence-electron chi connectivity index (χ1n) is 7.33. The lowest BCUT2D eigenvalue weighted by Gasteiger charge is -2.21. The minimum atomic E-state index is 0.0793. The van der Waals surface area contributed by atoms with Gasteiger partial charge in [0, 0.05) is 19.0 Å². The van der Waals surface area contributed by atoms with Gasteiger partial charge in [-0.05, 0) is 43.9 Å². The summed E-state index contributed by atoms with van der Waals surface area (Å²) in [5.41, 5.74) is 2.76. The van der Waals surface area contributed by atoms with Gasteiger partial charge in [-0.3, -0.25) is 4.79 Å². The number of carbonyl (C=O) groups excluding carboxylic acids is 1. The zero-order chi connectivity index (χ0) is 13.2. The Hall–Kier alpha value is -1.35. The van der Waals surface area contributed by atoms with E-state index in [0.29, 0.717) is 11.8 Å². The molecule has 0 radical (unpaired) electrons. The molecule has 1 amide bonds. The highest BCUT2D eigenvalue weighted by atomic mass is 16.2. The molecule has 2 unspecified atom stereocenters. The number of hydrogen-bond acceptors (Lipinski definition) is 2. The maximum Gasteiger partial charge on any atom is 0.239 e. The lowest BCUT2D eigenvalue weighted by molar-refractivity contribution is -0.132. The van der Waals surface area contributed by atoms with Crippen molar-refractivity contribution < 1.29 is 4.79 Å². The highest BCUT2D eigenvalue weighted by molar-refractivity contribution is 5.82. The Kier molecular flexibility index (Phi) is 3.56. The molecule has 2 saturated heterocycles. The van der Waals surface area contributed by atoms with Crippen molar-refractivity contribution in [2.75, 3.05) is 19.6 Å². The minimum Gasteiger partial charge on any atom is -0.341 e. The molecule has 2 fully saturated rings. The Balaban J connectivity index is 1.67. The summed E-state index contributed by atoms with van der Waals surface area (Å²) in [5, 5.41) is 3.31. The summed E-state index contributed by atoms with van der Waals surface area (Å²) in [7, 11) is 0. The number of hydrogen-bond donors (Lipinski definition) is 1. The predicted molar refractivity (Wildman–Crippen MR) is 76.1 cm³/mol. The van der Waals surface area contributed by atoms with Gasteiger partial charge < -0.3 is 10.2 Å². The van der Waals surface area contributed by atoms with Crippen molar-refractivity contribution >= 4 is 5.91 Å². The van der Waals surface area contributed by atoms with E-state index in [9.17, 15) is 4.79 Å². The lowest BCUT2D eigenvalue weighted by atomic mass is 9.94. The average molecular weight is 258 g/mol. The lowest BCUT2D eigenvalue weighted by Crippen LogP contribution is -2.42. The fourth-order valence-corrected chi connectivity index (χ4v) is 3.37. The second-order valence-electron chi connectivity index (χ2n) is 5.78. The molecule has 102 valence electrons. The molecule has 2 atom stereocenters. The number of carbonyl (C=O) groups is 1. The Morgan fingerprint density at radius 2 is 2.16 bits per heavy atom. The quantitative estimate of drug-likeness (QED) is 0.880. The zero-order valence-corrected chi connectivity index (χ0v) is 11.6. The van der Waals surface area contributed by atoms with Crippen LogP contribution in [0, 0.1) is 6.92 Å². The normalized spacial score (nSPS) is 26.9. The van der Waals surface area contributed by atoms with Crippen molar-refractivity contribution in [3.63, 3.8) is 0 Å². The highest BCUT2D eigenvalue weighted by Crippen LogP contribution is 2.30. The fraction of sp³-hybridized carbons (Fsp3) is 0.562. The van der Waals surface area contributed by atoms with E-state index in [1.807, 2.05) is 0 Å². The second kappa shape index (κ2) is 5.33. The SMILES string of the molecule is Cc1ccccc1C1CCN(C(=O)C2CCCN2)C1. The van der Waals surface area contributed by atoms with Crippen LogP contribution in [-0.4, -0.2) is 36.5 Å². The summed E-state index contributed by atoms with van der Waals surface area (Å²) >= 11 is 0. The molecule has 1 N–H and O–H groups in total. The maximum absolute atomic E-state index is 12.4. The average Bonchev–Trinajstić information content (AvgIpc) is 3.10. The fourth-order valence-electron chi connectivity index (χ4n) is 3.37. The molecule has 0 aliphatic carbocycles. The van der Waals surface area contributed by atoms with Crippen LogP contribution in [0.15, 0.2) is 24.3 Å². The number of likely N-dealkylation sites (tertiary alicyclic amines) is 1. The standard InChI is InChI=1S/C16H22N2O/c1-12-5-2-3-6-14(12)13-8-10-18(11-13)16(19)15-7-4-9-17-15/h2-3,5-6,13,15,17H,4,7-11H2,1H3. The number of amides is 1. The third-order valence-electron chi connectivity index (χ3n) is 4.49. The summed E-state index contributed by atoms with van der Waals surface area (Å²) in [5.74, 6) is 0.833. The molecule has 19 heavy (non-hydrogen) atoms. The smallest absolute Gasteiger partial charge is 0.239 e. The number of aryl methyl sites for hydroxylation is 1. The summed E-state index contributed by atoms with van der Waals surface area (Å²) in [4.78, 5) is 14.4. The molecule has 2 aliphatic heterocycles. The Labute approximate surface area is 115 Å². The van der Waals surface area contributed by atoms with Crippen LogP contribution in [0.3, 0.4) is 0 Å². The molecular formula is C16H22N2O. The third-order valence-corrected chi connectivity index (χ3v) is 4.49. The van der Waals surface area contributed by atoms with Gasteiger partial charge in [-0.25, -0.2) is 0 Å². The molecule has 2 heterocycles. The van der Waals surface area contributed by atoms with E-state index in [2.05, 4.69) is 41.4 Å². The first kappa shape index (κ1) is 12.7. The largest absolute Gasteiger partial charge is 0.341 e. The molecule has 0 aromatic heterocycles. The Bertz CT molecular complexity index is 466. The molecular weight excluding hydrogens is 236 g/mol. The van der Waals surface area contributed by atoms with Crippen LogP contribution in [0.4, 0.5) is 0 Å². The molecule has 3 nitrogen and oxygen atoms in total. The molecule has 3 rings (SSSR count). The molecule has 2 aliphatic rings. The van der Waals surface area contributed by atoms with Gasteiger partial charge in [-0.2, -0.15) is 0 Å². The van der Waals surface area contributed by atoms with Gasteiger partial charge in [0.05, 0.1) is 6.04 Å². The topological polar surface area (TPSA) is 32.3 Å². The summed E-state index contributed by atoms with van der Waals surface area (Å²) in [6.07, 6.45) is 3.24. The first-order chi connectivity index (χ1) is 9.25. The van der Waals surface area contributed by atoms with Crippen LogP contribution in [0.1, 0.15) is 36.3 Å². The van der Waals surface area contributed by atoms with Gasteiger partial charge in [0.15, 0.2) is 0 Å². The highest BCUT2D eigenvalue weighted by Gasteiger charge is 2.32. The van der Waals surface area contributed by atoms with Crippen LogP contribution >= 0.6 is 0 Å². The third kappa shape index (κ3) is 2.52. The van der Waals surface area contributed by atoms with E-state index >= 15 is 0 Å². The van der Waals surface area contributed by atoms with Gasteiger partial charge in [0.1, 0.15) is 0 Å². The van der Waals surface area contributed by atoms with Crippen LogP contribution < -0.4 is 5.32 Å². The van der Waals surface area contributed by atoms with Gasteiger partial charge in [-0.1, -0.05) is 24.3 Å². The van der Waals surface area contributed by atoms with Crippen LogP contribution in [0.5, 0.6) is 0 Å². The van der Waals surface area contributed by atoms with E-state index in [1.54, 1.807) is 0 Å². The van der Waals surface area contributed by atoms with Gasteiger partial charge in [0.25, 0.3) is 0 Å².